The number of anilines is 1. The number of amides is 1. The molecule has 2 N–H and O–H groups in total. The monoisotopic (exact) mass is 406 g/mol. The van der Waals surface area contributed by atoms with Crippen molar-refractivity contribution in [1.29, 1.82) is 0 Å². The molecule has 7 nitrogen and oxygen atoms in total. The molecule has 2 fully saturated rings. The molecule has 8 heteroatoms. The van der Waals surface area contributed by atoms with Crippen molar-refractivity contribution in [2.75, 3.05) is 38.2 Å². The smallest absolute Gasteiger partial charge is 0.261 e. The maximum atomic E-state index is 13.4. The van der Waals surface area contributed by atoms with Crippen molar-refractivity contribution < 1.29 is 14.1 Å². The second-order valence-electron chi connectivity index (χ2n) is 7.26. The second kappa shape index (κ2) is 8.84. The molecule has 2 saturated heterocycles. The van der Waals surface area contributed by atoms with Crippen LogP contribution in [0.25, 0.3) is 11.3 Å². The van der Waals surface area contributed by atoms with Crippen LogP contribution in [0.15, 0.2) is 28.8 Å². The number of likely N-dealkylation sites (tertiary alicyclic amines) is 1. The Kier molecular flexibility index (Phi) is 6.46. The molecule has 2 aliphatic rings. The average Bonchev–Trinajstić information content (AvgIpc) is 3.37. The van der Waals surface area contributed by atoms with E-state index in [1.807, 2.05) is 29.2 Å². The third kappa shape index (κ3) is 3.95. The Bertz CT molecular complexity index is 794. The molecule has 1 amide bonds. The van der Waals surface area contributed by atoms with Gasteiger partial charge >= 0.3 is 0 Å². The lowest BCUT2D eigenvalue weighted by atomic mass is 10.0. The Morgan fingerprint density at radius 3 is 2.39 bits per heavy atom. The number of methoxy groups -OCH3 is 1. The number of hydrogen-bond acceptors (Lipinski definition) is 6. The highest BCUT2D eigenvalue weighted by molar-refractivity contribution is 6.04. The van der Waals surface area contributed by atoms with E-state index in [2.05, 4.69) is 10.1 Å². The fraction of sp³-hybridized carbons (Fsp3) is 0.500. The van der Waals surface area contributed by atoms with Crippen LogP contribution in [-0.4, -0.2) is 55.3 Å². The number of nitrogens with two attached hydrogens (primary N) is 1. The predicted octanol–water partition coefficient (Wildman–Crippen LogP) is 2.94. The lowest BCUT2D eigenvalue weighted by molar-refractivity contribution is 0.0715. The van der Waals surface area contributed by atoms with Crippen molar-refractivity contribution in [3.8, 4) is 17.1 Å². The van der Waals surface area contributed by atoms with Gasteiger partial charge in [-0.1, -0.05) is 5.16 Å². The molecule has 3 heterocycles. The summed E-state index contributed by atoms with van der Waals surface area (Å²) >= 11 is 0. The number of benzene rings is 1. The van der Waals surface area contributed by atoms with Crippen molar-refractivity contribution >= 4 is 24.1 Å². The Balaban J connectivity index is 0.00000225. The molecule has 28 heavy (non-hydrogen) atoms. The van der Waals surface area contributed by atoms with Gasteiger partial charge in [0.15, 0.2) is 11.6 Å². The van der Waals surface area contributed by atoms with E-state index < -0.39 is 0 Å². The number of hydrogen-bond donors (Lipinski definition) is 1. The van der Waals surface area contributed by atoms with Crippen molar-refractivity contribution in [2.45, 2.75) is 31.7 Å². The molecule has 4 rings (SSSR count). The fourth-order valence-electron chi connectivity index (χ4n) is 3.82. The summed E-state index contributed by atoms with van der Waals surface area (Å²) in [7, 11) is 1.63. The van der Waals surface area contributed by atoms with E-state index in [1.165, 1.54) is 0 Å². The van der Waals surface area contributed by atoms with Crippen molar-refractivity contribution in [3.05, 3.63) is 29.8 Å². The molecule has 0 saturated carbocycles. The third-order valence-electron chi connectivity index (χ3n) is 5.47. The first-order chi connectivity index (χ1) is 13.2. The zero-order valence-corrected chi connectivity index (χ0v) is 16.9. The Labute approximate surface area is 171 Å². The van der Waals surface area contributed by atoms with Crippen LogP contribution in [0.3, 0.4) is 0 Å². The minimum atomic E-state index is -0.0177. The van der Waals surface area contributed by atoms with E-state index in [-0.39, 0.29) is 24.4 Å². The van der Waals surface area contributed by atoms with Gasteiger partial charge in [-0.3, -0.25) is 4.79 Å². The van der Waals surface area contributed by atoms with Gasteiger partial charge in [0, 0.05) is 37.8 Å². The first kappa shape index (κ1) is 20.5. The summed E-state index contributed by atoms with van der Waals surface area (Å²) in [6, 6.07) is 7.70. The van der Waals surface area contributed by atoms with Crippen LogP contribution in [0, 0.1) is 0 Å². The first-order valence-corrected chi connectivity index (χ1v) is 9.61. The van der Waals surface area contributed by atoms with Crippen LogP contribution in [0.5, 0.6) is 5.75 Å². The van der Waals surface area contributed by atoms with Crippen LogP contribution in [0.4, 0.5) is 5.82 Å². The highest BCUT2D eigenvalue weighted by Crippen LogP contribution is 2.35. The van der Waals surface area contributed by atoms with E-state index in [1.54, 1.807) is 7.11 Å². The van der Waals surface area contributed by atoms with Crippen molar-refractivity contribution in [3.63, 3.8) is 0 Å². The summed E-state index contributed by atoms with van der Waals surface area (Å²) < 4.78 is 10.9. The molecule has 1 aromatic carbocycles. The van der Waals surface area contributed by atoms with Crippen LogP contribution >= 0.6 is 12.4 Å². The minimum absolute atomic E-state index is 0. The maximum Gasteiger partial charge on any atom is 0.261 e. The topological polar surface area (TPSA) is 84.8 Å². The number of carbonyl (C=O) groups is 1. The highest BCUT2D eigenvalue weighted by atomic mass is 35.5. The van der Waals surface area contributed by atoms with Gasteiger partial charge < -0.3 is 24.8 Å². The number of ether oxygens (including phenoxy) is 1. The molecule has 0 unspecified atom stereocenters. The normalized spacial score (nSPS) is 17.5. The number of piperidine rings is 1. The molecule has 0 atom stereocenters. The van der Waals surface area contributed by atoms with E-state index in [4.69, 9.17) is 15.0 Å². The van der Waals surface area contributed by atoms with Gasteiger partial charge in [0.1, 0.15) is 11.3 Å². The van der Waals surface area contributed by atoms with Crippen molar-refractivity contribution in [2.24, 2.45) is 5.73 Å². The second-order valence-corrected chi connectivity index (χ2v) is 7.26. The summed E-state index contributed by atoms with van der Waals surface area (Å²) in [5, 5.41) is 4.30. The quantitative estimate of drug-likeness (QED) is 0.840. The highest BCUT2D eigenvalue weighted by Gasteiger charge is 2.33. The van der Waals surface area contributed by atoms with Crippen LogP contribution in [0.1, 0.15) is 36.0 Å². The average molecular weight is 407 g/mol. The molecule has 0 spiro atoms. The number of carbonyl (C=O) groups excluding carboxylic acids is 1. The number of aromatic nitrogens is 1. The standard InChI is InChI=1S/C20H26N4O3.ClH/c1-26-16-6-4-14(5-7-16)18-17(19(22-27-18)23-10-2-3-11-23)20(25)24-12-8-15(21)9-13-24;/h4-7,15H,2-3,8-13,21H2,1H3;1H. The molecular formula is C20H27ClN4O3. The summed E-state index contributed by atoms with van der Waals surface area (Å²) in [6.07, 6.45) is 3.87. The van der Waals surface area contributed by atoms with Gasteiger partial charge in [0.2, 0.25) is 0 Å². The molecule has 0 bridgehead atoms. The summed E-state index contributed by atoms with van der Waals surface area (Å²) in [5.74, 6) is 1.93. The van der Waals surface area contributed by atoms with Crippen LogP contribution in [-0.2, 0) is 0 Å². The SMILES string of the molecule is COc1ccc(-c2onc(N3CCCC3)c2C(=O)N2CCC(N)CC2)cc1.Cl. The maximum absolute atomic E-state index is 13.4. The van der Waals surface area contributed by atoms with Gasteiger partial charge in [-0.25, -0.2) is 0 Å². The molecule has 0 aliphatic carbocycles. The fourth-order valence-corrected chi connectivity index (χ4v) is 3.82. The molecule has 2 aliphatic heterocycles. The lowest BCUT2D eigenvalue weighted by Crippen LogP contribution is -2.43. The predicted molar refractivity (Wildman–Crippen MR) is 110 cm³/mol. The van der Waals surface area contributed by atoms with Crippen molar-refractivity contribution in [1.82, 2.24) is 10.1 Å². The van der Waals surface area contributed by atoms with Crippen LogP contribution in [0.2, 0.25) is 0 Å². The minimum Gasteiger partial charge on any atom is -0.497 e. The Morgan fingerprint density at radius 1 is 1.14 bits per heavy atom. The Morgan fingerprint density at radius 2 is 1.79 bits per heavy atom. The van der Waals surface area contributed by atoms with E-state index in [0.29, 0.717) is 30.2 Å². The van der Waals surface area contributed by atoms with E-state index >= 15 is 0 Å². The summed E-state index contributed by atoms with van der Waals surface area (Å²) in [6.45, 7) is 3.15. The molecule has 0 radical (unpaired) electrons. The molecular weight excluding hydrogens is 380 g/mol. The third-order valence-corrected chi connectivity index (χ3v) is 5.47. The van der Waals surface area contributed by atoms with Gasteiger partial charge in [-0.15, -0.1) is 12.4 Å². The zero-order valence-electron chi connectivity index (χ0n) is 16.1. The van der Waals surface area contributed by atoms with Gasteiger partial charge in [0.25, 0.3) is 5.91 Å². The van der Waals surface area contributed by atoms with Gasteiger partial charge in [-0.05, 0) is 49.9 Å². The number of nitrogens with zero attached hydrogens (tertiary/aromatic N) is 3. The summed E-state index contributed by atoms with van der Waals surface area (Å²) in [4.78, 5) is 17.4. The molecule has 2 aromatic rings. The number of halogens is 1. The zero-order chi connectivity index (χ0) is 18.8. The Hall–Kier alpha value is -2.25. The van der Waals surface area contributed by atoms with E-state index in [9.17, 15) is 4.79 Å². The molecule has 152 valence electrons. The van der Waals surface area contributed by atoms with Gasteiger partial charge in [0.05, 0.1) is 7.11 Å². The number of rotatable bonds is 4. The first-order valence-electron chi connectivity index (χ1n) is 9.61. The largest absolute Gasteiger partial charge is 0.497 e. The summed E-state index contributed by atoms with van der Waals surface area (Å²) in [5.41, 5.74) is 7.40. The molecule has 1 aromatic heterocycles. The van der Waals surface area contributed by atoms with E-state index in [0.717, 1.165) is 50.1 Å². The van der Waals surface area contributed by atoms with Crippen LogP contribution < -0.4 is 15.4 Å². The van der Waals surface area contributed by atoms with Gasteiger partial charge in [-0.2, -0.15) is 0 Å². The lowest BCUT2D eigenvalue weighted by Gasteiger charge is -2.30.